The van der Waals surface area contributed by atoms with Crippen LogP contribution in [-0.4, -0.2) is 156 Å². The van der Waals surface area contributed by atoms with Crippen LogP contribution in [0.5, 0.6) is 0 Å². The van der Waals surface area contributed by atoms with E-state index in [0.717, 1.165) is 0 Å². The van der Waals surface area contributed by atoms with Gasteiger partial charge in [0.15, 0.2) is 0 Å². The predicted octanol–water partition coefficient (Wildman–Crippen LogP) is -13.6. The van der Waals surface area contributed by atoms with Crippen molar-refractivity contribution in [2.75, 3.05) is 32.7 Å². The van der Waals surface area contributed by atoms with Crippen molar-refractivity contribution in [2.45, 2.75) is 89.3 Å². The van der Waals surface area contributed by atoms with Crippen molar-refractivity contribution in [3.05, 3.63) is 56.4 Å². The quantitative estimate of drug-likeness (QED) is 0.0339. The Hall–Kier alpha value is -8.31. The summed E-state index contributed by atoms with van der Waals surface area (Å²) in [5.74, 6) is -17.0. The van der Waals surface area contributed by atoms with Gasteiger partial charge < -0.3 is 114 Å². The minimum atomic E-state index is -1.92. The van der Waals surface area contributed by atoms with Gasteiger partial charge in [-0.15, -0.1) is 0 Å². The van der Waals surface area contributed by atoms with Crippen molar-refractivity contribution in [3.8, 4) is 0 Å². The van der Waals surface area contributed by atoms with Crippen molar-refractivity contribution in [1.82, 2.24) is 49.8 Å². The number of carbonyl (C=O) groups excluding carboxylic acids is 12. The number of amides is 5. The summed E-state index contributed by atoms with van der Waals surface area (Å²) < 4.78 is 25.0. The molecule has 0 aliphatic rings. The minimum absolute atomic E-state index is 0. The van der Waals surface area contributed by atoms with E-state index in [9.17, 15) is 98.4 Å². The average molecular weight is 1130 g/mol. The third-order valence-corrected chi connectivity index (χ3v) is 9.24. The number of carbonyl (C=O) groups is 12. The molecular weight excluding hydrogens is 1090 g/mol. The van der Waals surface area contributed by atoms with Gasteiger partial charge in [0.25, 0.3) is 0 Å². The minimum Gasteiger partial charge on any atom is 1.00 e. The molecule has 2 rings (SSSR count). The molecule has 0 aliphatic heterocycles. The van der Waals surface area contributed by atoms with Crippen LogP contribution < -0.4 is 56.8 Å². The van der Waals surface area contributed by atoms with Gasteiger partial charge in [0.05, 0.1) is 99.2 Å². The molecule has 74 heavy (non-hydrogen) atoms. The molecule has 0 unspecified atom stereocenters. The molecule has 2 aromatic heterocycles. The molecular formula is C40H47N10O23Tc+. The Morgan fingerprint density at radius 1 is 0.527 bits per heavy atom. The second-order valence-electron chi connectivity index (χ2n) is 14.4. The van der Waals surface area contributed by atoms with Crippen molar-refractivity contribution in [3.63, 3.8) is 0 Å². The van der Waals surface area contributed by atoms with Crippen LogP contribution in [0.2, 0.25) is 0 Å². The third kappa shape index (κ3) is 29.1. The van der Waals surface area contributed by atoms with Gasteiger partial charge in [-0.3, -0.25) is 19.3 Å². The molecule has 1 radical (unpaired) electrons. The van der Waals surface area contributed by atoms with Gasteiger partial charge in [-0.05, 0) is 45.1 Å². The molecule has 0 fully saturated rings. The molecule has 2 aromatic rings. The van der Waals surface area contributed by atoms with Gasteiger partial charge in [0.2, 0.25) is 17.7 Å². The Kier molecular flexibility index (Phi) is 36.3. The van der Waals surface area contributed by atoms with E-state index in [1.54, 1.807) is 10.2 Å². The first-order chi connectivity index (χ1) is 34.4. The van der Waals surface area contributed by atoms with E-state index in [-0.39, 0.29) is 77.8 Å². The summed E-state index contributed by atoms with van der Waals surface area (Å²) in [6.07, 6.45) is 2.13. The molecule has 5 amide bonds. The second kappa shape index (κ2) is 38.4. The number of aliphatic carboxylic acids is 8. The number of aromatic nitrogens is 4. The number of hydrogen-bond donors (Lipinski definition) is 3. The standard InChI is InChI=1S/C37H50N10O20.3CO.Tc/c48-26(6-4-22(35(63)64)41-37(67)42-23(36(65)66)5-7-29(51)52)40-21(34(61)62)3-1-2-10-43(13-24-38-8-11-44(24)15-27(49)46(17-30(53)54)18-31(55)56)14-25-39-9-12-45(25)16-28(50)47(19-32(57)58)20-33(59)60;3*1-2;/h8-9,11-12,21-23H,1-7,10,13-20H2,(H,40,48)(H,51,52)(H,53,54)(H,55,56)(H,57,58)(H,59,60)(H,61,62)(H,63,64)(H,65,66)(H2,41,42,67);;;;/q;;;;+4/p-3/t21-,22-,23-;;;;/m0..../s1/i;;;;1+1. The Labute approximate surface area is 438 Å². The normalized spacial score (nSPS) is 11.1. The first-order valence-corrected chi connectivity index (χ1v) is 20.3. The van der Waals surface area contributed by atoms with Crippen LogP contribution in [-0.2, 0) is 113 Å². The Balaban J connectivity index is -0.000000675. The smallest absolute Gasteiger partial charge is 1.00 e. The van der Waals surface area contributed by atoms with Crippen molar-refractivity contribution < 1.29 is 140 Å². The molecule has 0 saturated carbocycles. The molecule has 0 saturated heterocycles. The van der Waals surface area contributed by atoms with Crippen LogP contribution in [0.1, 0.15) is 63.7 Å². The van der Waals surface area contributed by atoms with Crippen LogP contribution in [0.4, 0.5) is 4.79 Å². The van der Waals surface area contributed by atoms with Gasteiger partial charge in [-0.25, -0.2) is 14.8 Å². The number of unbranched alkanes of at least 4 members (excludes halogenated alkanes) is 1. The fraction of sp³-hybridized carbons (Fsp3) is 0.475. The van der Waals surface area contributed by atoms with Gasteiger partial charge in [-0.1, -0.05) is 0 Å². The summed E-state index contributed by atoms with van der Waals surface area (Å²) >= 11 is 0. The fourth-order valence-electron chi connectivity index (χ4n) is 6.06. The van der Waals surface area contributed by atoms with Crippen molar-refractivity contribution >= 4 is 71.5 Å². The average Bonchev–Trinajstić information content (AvgIpc) is 3.95. The molecule has 2 heterocycles. The number of urea groups is 1. The summed E-state index contributed by atoms with van der Waals surface area (Å²) in [5.41, 5.74) is 0. The zero-order valence-corrected chi connectivity index (χ0v) is 40.1. The predicted molar refractivity (Wildman–Crippen MR) is 213 cm³/mol. The van der Waals surface area contributed by atoms with Crippen molar-refractivity contribution in [1.29, 1.82) is 0 Å². The monoisotopic (exact) mass is 1130 g/mol. The Bertz CT molecular complexity index is 2190. The fourth-order valence-corrected chi connectivity index (χ4v) is 6.06. The zero-order valence-electron chi connectivity index (χ0n) is 43.3. The number of carboxylic acids is 8. The van der Waals surface area contributed by atoms with Crippen LogP contribution >= 0.6 is 0 Å². The number of carboxylic acid groups (broad SMARTS) is 8. The SMILES string of the molecule is O=C([O-])CC[C@H](NC(=O)N[C@@H](CCC(=O)N[C@@H](CCCCN(Cc1nccn1CC(=O)N(CC(=O)[O-])CC(=O)[O-])Cc1nccn1CC(=O)N(CC(=O)[O-])CC(=O)[O-])C(=O)[O-])C(=O)[O-])C(=O)[O-].[99Tc+4].[C-]#[O+].[C-]#[O+].[C-]#[O+].[H+].[H+].[H+].[H+].[H+]. The maximum absolute atomic E-state index is 12.9. The zero-order chi connectivity index (χ0) is 56.4. The number of hydrogen-bond acceptors (Lipinski definition) is 23. The Morgan fingerprint density at radius 3 is 1.22 bits per heavy atom. The summed E-state index contributed by atoms with van der Waals surface area (Å²) in [6, 6.07) is -6.85. The Morgan fingerprint density at radius 2 is 0.878 bits per heavy atom. The molecule has 401 valence electrons. The molecule has 3 atom stereocenters. The van der Waals surface area contributed by atoms with E-state index in [4.69, 9.17) is 14.0 Å². The van der Waals surface area contributed by atoms with E-state index in [1.165, 1.54) is 33.9 Å². The number of imidazole rings is 2. The van der Waals surface area contributed by atoms with Crippen LogP contribution in [0, 0.1) is 20.0 Å². The van der Waals surface area contributed by atoms with E-state index >= 15 is 0 Å². The molecule has 33 nitrogen and oxygen atoms in total. The number of nitrogens with zero attached hydrogens (tertiary/aromatic N) is 7. The van der Waals surface area contributed by atoms with E-state index < -0.39 is 155 Å². The molecule has 3 N–H and O–H groups in total. The van der Waals surface area contributed by atoms with Gasteiger partial charge in [0, 0.05) is 37.2 Å². The topological polar surface area (TPSA) is 530 Å². The maximum atomic E-state index is 12.9. The summed E-state index contributed by atoms with van der Waals surface area (Å²) in [4.78, 5) is 152. The van der Waals surface area contributed by atoms with E-state index in [2.05, 4.69) is 35.2 Å². The molecule has 0 aliphatic carbocycles. The summed E-state index contributed by atoms with van der Waals surface area (Å²) in [6.45, 7) is 7.66. The van der Waals surface area contributed by atoms with Crippen LogP contribution in [0.3, 0.4) is 0 Å². The van der Waals surface area contributed by atoms with Crippen LogP contribution in [0.15, 0.2) is 24.8 Å². The molecule has 0 spiro atoms. The largest absolute Gasteiger partial charge is 1.00 e. The second-order valence-corrected chi connectivity index (χ2v) is 14.4. The van der Waals surface area contributed by atoms with Gasteiger partial charge in [-0.2, -0.15) is 0 Å². The van der Waals surface area contributed by atoms with Gasteiger partial charge in [0.1, 0.15) is 24.7 Å². The third-order valence-electron chi connectivity index (χ3n) is 9.24. The van der Waals surface area contributed by atoms with Gasteiger partial charge >= 0.3 is 67.2 Å². The number of rotatable bonds is 33. The first kappa shape index (κ1) is 69.9. The van der Waals surface area contributed by atoms with Crippen LogP contribution in [0.25, 0.3) is 0 Å². The first-order valence-electron chi connectivity index (χ1n) is 20.3. The maximum Gasteiger partial charge on any atom is 1.00 e. The van der Waals surface area contributed by atoms with E-state index in [1.807, 2.05) is 5.32 Å². The molecule has 0 bridgehead atoms. The summed E-state index contributed by atoms with van der Waals surface area (Å²) in [7, 11) is 0. The molecule has 34 heteroatoms. The number of nitrogens with one attached hydrogen (secondary N) is 3. The van der Waals surface area contributed by atoms with E-state index in [0.29, 0.717) is 9.80 Å². The summed E-state index contributed by atoms with van der Waals surface area (Å²) in [5, 5.41) is 96.0. The van der Waals surface area contributed by atoms with Crippen molar-refractivity contribution in [2.24, 2.45) is 0 Å². The molecule has 0 aromatic carbocycles.